The molecule has 4 heteroatoms. The molecule has 0 aliphatic heterocycles. The quantitative estimate of drug-likeness (QED) is 0.652. The van der Waals surface area contributed by atoms with Crippen molar-refractivity contribution in [3.05, 3.63) is 59.7 Å². The molecule has 4 nitrogen and oxygen atoms in total. The smallest absolute Gasteiger partial charge is 0.193 e. The molecule has 0 spiro atoms. The summed E-state index contributed by atoms with van der Waals surface area (Å²) in [7, 11) is 4.06. The van der Waals surface area contributed by atoms with E-state index in [9.17, 15) is 0 Å². The molecule has 0 bridgehead atoms. The zero-order chi connectivity index (χ0) is 16.8. The van der Waals surface area contributed by atoms with E-state index in [4.69, 9.17) is 5.73 Å². The van der Waals surface area contributed by atoms with Crippen LogP contribution in [0.25, 0.3) is 0 Å². The minimum atomic E-state index is 0.433. The van der Waals surface area contributed by atoms with Gasteiger partial charge in [-0.25, -0.2) is 4.99 Å². The van der Waals surface area contributed by atoms with E-state index in [0.717, 1.165) is 11.3 Å². The van der Waals surface area contributed by atoms with Gasteiger partial charge in [-0.05, 0) is 41.3 Å². The van der Waals surface area contributed by atoms with Crippen molar-refractivity contribution in [1.82, 2.24) is 0 Å². The van der Waals surface area contributed by atoms with Crippen molar-refractivity contribution in [3.8, 4) is 0 Å². The third kappa shape index (κ3) is 5.02. The summed E-state index contributed by atoms with van der Waals surface area (Å²) in [6.45, 7) is 4.91. The summed E-state index contributed by atoms with van der Waals surface area (Å²) < 4.78 is 0. The minimum absolute atomic E-state index is 0.433. The van der Waals surface area contributed by atoms with Crippen LogP contribution in [0.3, 0.4) is 0 Å². The Morgan fingerprint density at radius 3 is 2.43 bits per heavy atom. The van der Waals surface area contributed by atoms with Crippen molar-refractivity contribution in [2.45, 2.75) is 26.3 Å². The van der Waals surface area contributed by atoms with E-state index < -0.39 is 0 Å². The molecule has 2 rings (SSSR count). The Kier molecular flexibility index (Phi) is 5.63. The topological polar surface area (TPSA) is 53.6 Å². The number of hydrogen-bond acceptors (Lipinski definition) is 2. The molecule has 23 heavy (non-hydrogen) atoms. The molecule has 0 amide bonds. The van der Waals surface area contributed by atoms with Crippen molar-refractivity contribution in [2.24, 2.45) is 10.7 Å². The summed E-state index contributed by atoms with van der Waals surface area (Å²) in [5.41, 5.74) is 10.6. The Morgan fingerprint density at radius 1 is 1.13 bits per heavy atom. The Hall–Kier alpha value is -2.49. The van der Waals surface area contributed by atoms with Crippen LogP contribution in [0.1, 0.15) is 30.9 Å². The number of guanidine groups is 1. The standard InChI is InChI=1S/C19H26N4/c1-14(2)16-6-5-7-17(12-16)22-19(20)21-13-15-8-10-18(11-9-15)23(3)4/h5-12,14H,13H2,1-4H3,(H3,20,21,22). The normalized spacial score (nSPS) is 11.6. The first kappa shape index (κ1) is 16.9. The number of aliphatic imine (C=N–C) groups is 1. The molecule has 0 aliphatic rings. The highest BCUT2D eigenvalue weighted by Crippen LogP contribution is 2.18. The van der Waals surface area contributed by atoms with Gasteiger partial charge in [0.25, 0.3) is 0 Å². The summed E-state index contributed by atoms with van der Waals surface area (Å²) >= 11 is 0. The van der Waals surface area contributed by atoms with Gasteiger partial charge in [0.15, 0.2) is 5.96 Å². The highest BCUT2D eigenvalue weighted by atomic mass is 15.1. The average molecular weight is 310 g/mol. The summed E-state index contributed by atoms with van der Waals surface area (Å²) in [5.74, 6) is 0.924. The summed E-state index contributed by atoms with van der Waals surface area (Å²) in [6.07, 6.45) is 0. The largest absolute Gasteiger partial charge is 0.378 e. The fraction of sp³-hybridized carbons (Fsp3) is 0.316. The molecule has 0 saturated heterocycles. The zero-order valence-electron chi connectivity index (χ0n) is 14.4. The number of benzene rings is 2. The number of nitrogens with one attached hydrogen (secondary N) is 1. The van der Waals surface area contributed by atoms with Gasteiger partial charge >= 0.3 is 0 Å². The van der Waals surface area contributed by atoms with Gasteiger partial charge in [-0.3, -0.25) is 0 Å². The molecule has 122 valence electrons. The first-order chi connectivity index (χ1) is 11.0. The van der Waals surface area contributed by atoms with Crippen molar-refractivity contribution in [3.63, 3.8) is 0 Å². The van der Waals surface area contributed by atoms with E-state index in [2.05, 4.69) is 65.5 Å². The van der Waals surface area contributed by atoms with Gasteiger partial charge in [0.1, 0.15) is 0 Å². The first-order valence-corrected chi connectivity index (χ1v) is 7.89. The maximum atomic E-state index is 5.99. The van der Waals surface area contributed by atoms with E-state index >= 15 is 0 Å². The number of rotatable bonds is 5. The van der Waals surface area contributed by atoms with Crippen LogP contribution < -0.4 is 16.0 Å². The van der Waals surface area contributed by atoms with Crippen LogP contribution >= 0.6 is 0 Å². The zero-order valence-corrected chi connectivity index (χ0v) is 14.4. The Morgan fingerprint density at radius 2 is 1.83 bits per heavy atom. The second-order valence-electron chi connectivity index (χ2n) is 6.17. The van der Waals surface area contributed by atoms with Gasteiger partial charge in [0.2, 0.25) is 0 Å². The van der Waals surface area contributed by atoms with Crippen LogP contribution in [0.2, 0.25) is 0 Å². The molecule has 2 aromatic rings. The van der Waals surface area contributed by atoms with Crippen molar-refractivity contribution in [2.75, 3.05) is 24.3 Å². The van der Waals surface area contributed by atoms with E-state index in [-0.39, 0.29) is 0 Å². The molecular weight excluding hydrogens is 284 g/mol. The lowest BCUT2D eigenvalue weighted by Gasteiger charge is -2.12. The molecule has 0 aromatic heterocycles. The second kappa shape index (κ2) is 7.68. The van der Waals surface area contributed by atoms with Crippen LogP contribution in [-0.4, -0.2) is 20.1 Å². The number of nitrogens with two attached hydrogens (primary N) is 1. The maximum Gasteiger partial charge on any atom is 0.193 e. The summed E-state index contributed by atoms with van der Waals surface area (Å²) in [5, 5.41) is 3.16. The van der Waals surface area contributed by atoms with Crippen LogP contribution in [0.15, 0.2) is 53.5 Å². The van der Waals surface area contributed by atoms with E-state index in [1.165, 1.54) is 11.3 Å². The molecule has 0 unspecified atom stereocenters. The van der Waals surface area contributed by atoms with Gasteiger partial charge < -0.3 is 16.0 Å². The highest BCUT2D eigenvalue weighted by molar-refractivity contribution is 5.92. The van der Waals surface area contributed by atoms with Gasteiger partial charge in [-0.15, -0.1) is 0 Å². The second-order valence-corrected chi connectivity index (χ2v) is 6.17. The highest BCUT2D eigenvalue weighted by Gasteiger charge is 2.01. The van der Waals surface area contributed by atoms with E-state index in [0.29, 0.717) is 18.4 Å². The molecule has 0 aliphatic carbocycles. The van der Waals surface area contributed by atoms with Crippen LogP contribution in [-0.2, 0) is 6.54 Å². The first-order valence-electron chi connectivity index (χ1n) is 7.89. The fourth-order valence-corrected chi connectivity index (χ4v) is 2.24. The molecule has 0 saturated carbocycles. The maximum absolute atomic E-state index is 5.99. The Labute approximate surface area is 139 Å². The SMILES string of the molecule is CC(C)c1cccc(NC(N)=NCc2ccc(N(C)C)cc2)c1. The minimum Gasteiger partial charge on any atom is -0.378 e. The third-order valence-electron chi connectivity index (χ3n) is 3.71. The van der Waals surface area contributed by atoms with Crippen molar-refractivity contribution < 1.29 is 0 Å². The van der Waals surface area contributed by atoms with Gasteiger partial charge in [-0.2, -0.15) is 0 Å². The van der Waals surface area contributed by atoms with Gasteiger partial charge in [0.05, 0.1) is 6.54 Å². The summed E-state index contributed by atoms with van der Waals surface area (Å²) in [4.78, 5) is 6.48. The lowest BCUT2D eigenvalue weighted by atomic mass is 10.0. The monoisotopic (exact) mass is 310 g/mol. The van der Waals surface area contributed by atoms with Gasteiger partial charge in [0, 0.05) is 25.5 Å². The average Bonchev–Trinajstić information content (AvgIpc) is 2.53. The van der Waals surface area contributed by atoms with Gasteiger partial charge in [-0.1, -0.05) is 38.1 Å². The molecule has 0 heterocycles. The lowest BCUT2D eigenvalue weighted by Crippen LogP contribution is -2.22. The van der Waals surface area contributed by atoms with Crippen LogP contribution in [0.5, 0.6) is 0 Å². The molecular formula is C19H26N4. The van der Waals surface area contributed by atoms with E-state index in [1.807, 2.05) is 26.2 Å². The van der Waals surface area contributed by atoms with Crippen molar-refractivity contribution >= 4 is 17.3 Å². The predicted octanol–water partition coefficient (Wildman–Crippen LogP) is 3.80. The third-order valence-corrected chi connectivity index (χ3v) is 3.71. The van der Waals surface area contributed by atoms with E-state index in [1.54, 1.807) is 0 Å². The Balaban J connectivity index is 1.98. The number of hydrogen-bond donors (Lipinski definition) is 2. The van der Waals surface area contributed by atoms with Crippen molar-refractivity contribution in [1.29, 1.82) is 0 Å². The molecule has 0 atom stereocenters. The fourth-order valence-electron chi connectivity index (χ4n) is 2.24. The number of nitrogens with zero attached hydrogens (tertiary/aromatic N) is 2. The molecule has 0 radical (unpaired) electrons. The number of anilines is 2. The summed E-state index contributed by atoms with van der Waals surface area (Å²) in [6, 6.07) is 16.6. The van der Waals surface area contributed by atoms with Crippen LogP contribution in [0.4, 0.5) is 11.4 Å². The van der Waals surface area contributed by atoms with Crippen LogP contribution in [0, 0.1) is 0 Å². The molecule has 0 fully saturated rings. The predicted molar refractivity (Wildman–Crippen MR) is 100 cm³/mol. The lowest BCUT2D eigenvalue weighted by molar-refractivity contribution is 0.867. The Bertz CT molecular complexity index is 657. The molecule has 3 N–H and O–H groups in total. The molecule has 2 aromatic carbocycles.